The van der Waals surface area contributed by atoms with Gasteiger partial charge in [0.2, 0.25) is 0 Å². The summed E-state index contributed by atoms with van der Waals surface area (Å²) in [5.41, 5.74) is 6.65. The Bertz CT molecular complexity index is 382. The number of rotatable bonds is 7. The van der Waals surface area contributed by atoms with Gasteiger partial charge in [0.15, 0.2) is 0 Å². The molecule has 6 nitrogen and oxygen atoms in total. The van der Waals surface area contributed by atoms with Gasteiger partial charge in [-0.1, -0.05) is 0 Å². The van der Waals surface area contributed by atoms with Crippen LogP contribution < -0.4 is 11.1 Å². The molecule has 1 rings (SSSR count). The van der Waals surface area contributed by atoms with Crippen molar-refractivity contribution in [2.75, 3.05) is 31.3 Å². The first-order valence-corrected chi connectivity index (χ1v) is 5.41. The minimum Gasteiger partial charge on any atom is -0.398 e. The van der Waals surface area contributed by atoms with Crippen molar-refractivity contribution in [2.45, 2.75) is 12.8 Å². The predicted molar refractivity (Wildman–Crippen MR) is 67.1 cm³/mol. The van der Waals surface area contributed by atoms with Crippen LogP contribution in [0, 0.1) is 10.1 Å². The molecule has 94 valence electrons. The van der Waals surface area contributed by atoms with Crippen LogP contribution in [0.1, 0.15) is 12.8 Å². The molecule has 0 radical (unpaired) electrons. The lowest BCUT2D eigenvalue weighted by molar-refractivity contribution is -0.384. The number of hydrogen-bond donors (Lipinski definition) is 2. The van der Waals surface area contributed by atoms with Gasteiger partial charge in [0, 0.05) is 43.8 Å². The summed E-state index contributed by atoms with van der Waals surface area (Å²) in [6.07, 6.45) is 1.89. The van der Waals surface area contributed by atoms with Gasteiger partial charge in [-0.3, -0.25) is 10.1 Å². The van der Waals surface area contributed by atoms with Crippen LogP contribution in [0.3, 0.4) is 0 Å². The lowest BCUT2D eigenvalue weighted by atomic mass is 10.2. The molecular formula is C11H17N3O3. The molecule has 0 saturated heterocycles. The van der Waals surface area contributed by atoms with E-state index in [1.165, 1.54) is 12.1 Å². The number of nitro groups is 1. The normalized spacial score (nSPS) is 10.2. The van der Waals surface area contributed by atoms with E-state index in [0.29, 0.717) is 11.4 Å². The topological polar surface area (TPSA) is 90.4 Å². The van der Waals surface area contributed by atoms with Crippen molar-refractivity contribution in [3.05, 3.63) is 28.3 Å². The standard InChI is InChI=1S/C11H17N3O3/c1-17-5-3-2-4-13-10-6-9(12)7-11(8-10)14(15)16/h6-8,13H,2-5,12H2,1H3. The quantitative estimate of drug-likeness (QED) is 0.329. The van der Waals surface area contributed by atoms with Crippen molar-refractivity contribution < 1.29 is 9.66 Å². The van der Waals surface area contributed by atoms with E-state index in [0.717, 1.165) is 26.0 Å². The summed E-state index contributed by atoms with van der Waals surface area (Å²) in [6, 6.07) is 4.51. The van der Waals surface area contributed by atoms with E-state index in [4.69, 9.17) is 10.5 Å². The number of nitrogens with two attached hydrogens (primary N) is 1. The molecule has 1 aromatic rings. The Hall–Kier alpha value is -1.82. The largest absolute Gasteiger partial charge is 0.398 e. The van der Waals surface area contributed by atoms with Gasteiger partial charge in [0.25, 0.3) is 5.69 Å². The van der Waals surface area contributed by atoms with Crippen LogP contribution in [0.5, 0.6) is 0 Å². The summed E-state index contributed by atoms with van der Waals surface area (Å²) in [5, 5.41) is 13.7. The van der Waals surface area contributed by atoms with E-state index in [2.05, 4.69) is 5.32 Å². The Morgan fingerprint density at radius 1 is 1.41 bits per heavy atom. The van der Waals surface area contributed by atoms with Crippen LogP contribution in [-0.4, -0.2) is 25.2 Å². The van der Waals surface area contributed by atoms with Crippen molar-refractivity contribution in [1.29, 1.82) is 0 Å². The summed E-state index contributed by atoms with van der Waals surface area (Å²) in [6.45, 7) is 1.46. The van der Waals surface area contributed by atoms with Gasteiger partial charge in [-0.2, -0.15) is 0 Å². The second kappa shape index (κ2) is 6.70. The summed E-state index contributed by atoms with van der Waals surface area (Å²) in [5.74, 6) is 0. The van der Waals surface area contributed by atoms with Gasteiger partial charge in [-0.15, -0.1) is 0 Å². The van der Waals surface area contributed by atoms with Gasteiger partial charge in [-0.25, -0.2) is 0 Å². The fraction of sp³-hybridized carbons (Fsp3) is 0.455. The SMILES string of the molecule is COCCCCNc1cc(N)cc([N+](=O)[O-])c1. The van der Waals surface area contributed by atoms with Crippen LogP contribution in [0.25, 0.3) is 0 Å². The van der Waals surface area contributed by atoms with Crippen LogP contribution in [0.15, 0.2) is 18.2 Å². The fourth-order valence-electron chi connectivity index (χ4n) is 1.45. The highest BCUT2D eigenvalue weighted by molar-refractivity contribution is 5.61. The average molecular weight is 239 g/mol. The van der Waals surface area contributed by atoms with Crippen LogP contribution >= 0.6 is 0 Å². The van der Waals surface area contributed by atoms with Crippen LogP contribution in [0.4, 0.5) is 17.1 Å². The van der Waals surface area contributed by atoms with E-state index in [-0.39, 0.29) is 5.69 Å². The van der Waals surface area contributed by atoms with Crippen molar-refractivity contribution in [3.8, 4) is 0 Å². The maximum absolute atomic E-state index is 10.6. The maximum atomic E-state index is 10.6. The molecule has 3 N–H and O–H groups in total. The number of non-ortho nitro benzene ring substituents is 1. The molecule has 1 aromatic carbocycles. The second-order valence-corrected chi connectivity index (χ2v) is 3.70. The second-order valence-electron chi connectivity index (χ2n) is 3.70. The zero-order valence-electron chi connectivity index (χ0n) is 9.81. The zero-order valence-corrected chi connectivity index (χ0v) is 9.81. The molecule has 0 bridgehead atoms. The number of nitrogens with one attached hydrogen (secondary N) is 1. The molecular weight excluding hydrogens is 222 g/mol. The molecule has 0 unspecified atom stereocenters. The first-order chi connectivity index (χ1) is 8.13. The Kier molecular flexibility index (Phi) is 5.22. The lowest BCUT2D eigenvalue weighted by Crippen LogP contribution is -2.04. The summed E-state index contributed by atoms with van der Waals surface area (Å²) in [7, 11) is 1.66. The fourth-order valence-corrected chi connectivity index (χ4v) is 1.45. The van der Waals surface area contributed by atoms with Gasteiger partial charge >= 0.3 is 0 Å². The van der Waals surface area contributed by atoms with E-state index in [1.807, 2.05) is 0 Å². The summed E-state index contributed by atoms with van der Waals surface area (Å²) < 4.78 is 4.93. The Labute approximate surface area is 99.9 Å². The van der Waals surface area contributed by atoms with Crippen LogP contribution in [0.2, 0.25) is 0 Å². The maximum Gasteiger partial charge on any atom is 0.273 e. The molecule has 0 spiro atoms. The van der Waals surface area contributed by atoms with E-state index in [1.54, 1.807) is 13.2 Å². The molecule has 0 saturated carbocycles. The first kappa shape index (κ1) is 13.2. The number of benzene rings is 1. The average Bonchev–Trinajstić information content (AvgIpc) is 2.28. The molecule has 0 aliphatic heterocycles. The zero-order chi connectivity index (χ0) is 12.7. The summed E-state index contributed by atoms with van der Waals surface area (Å²) in [4.78, 5) is 10.2. The number of nitrogens with zero attached hydrogens (tertiary/aromatic N) is 1. The molecule has 6 heteroatoms. The molecule has 0 heterocycles. The van der Waals surface area contributed by atoms with Crippen LogP contribution in [-0.2, 0) is 4.74 Å². The number of unbranched alkanes of at least 4 members (excludes halogenated alkanes) is 1. The predicted octanol–water partition coefficient (Wildman–Crippen LogP) is 2.02. The number of nitro benzene ring substituents is 1. The van der Waals surface area contributed by atoms with E-state index in [9.17, 15) is 10.1 Å². The van der Waals surface area contributed by atoms with Gasteiger partial charge < -0.3 is 15.8 Å². The number of anilines is 2. The summed E-state index contributed by atoms with van der Waals surface area (Å²) >= 11 is 0. The third-order valence-corrected chi connectivity index (χ3v) is 2.26. The Balaban J connectivity index is 2.50. The van der Waals surface area contributed by atoms with Crippen molar-refractivity contribution >= 4 is 17.1 Å². The number of methoxy groups -OCH3 is 1. The molecule has 0 amide bonds. The molecule has 0 aliphatic carbocycles. The highest BCUT2D eigenvalue weighted by Gasteiger charge is 2.07. The number of ether oxygens (including phenoxy) is 1. The number of nitrogen functional groups attached to an aromatic ring is 1. The molecule has 0 aliphatic rings. The first-order valence-electron chi connectivity index (χ1n) is 5.41. The monoisotopic (exact) mass is 239 g/mol. The highest BCUT2D eigenvalue weighted by Crippen LogP contribution is 2.22. The Morgan fingerprint density at radius 3 is 2.82 bits per heavy atom. The molecule has 0 fully saturated rings. The third-order valence-electron chi connectivity index (χ3n) is 2.26. The minimum atomic E-state index is -0.452. The van der Waals surface area contributed by atoms with E-state index < -0.39 is 4.92 Å². The van der Waals surface area contributed by atoms with E-state index >= 15 is 0 Å². The van der Waals surface area contributed by atoms with Gasteiger partial charge in [0.05, 0.1) is 4.92 Å². The van der Waals surface area contributed by atoms with Gasteiger partial charge in [-0.05, 0) is 18.9 Å². The molecule has 0 atom stereocenters. The lowest BCUT2D eigenvalue weighted by Gasteiger charge is -2.07. The third kappa shape index (κ3) is 4.69. The highest BCUT2D eigenvalue weighted by atomic mass is 16.6. The number of hydrogen-bond acceptors (Lipinski definition) is 5. The molecule has 17 heavy (non-hydrogen) atoms. The smallest absolute Gasteiger partial charge is 0.273 e. The van der Waals surface area contributed by atoms with Crippen molar-refractivity contribution in [3.63, 3.8) is 0 Å². The van der Waals surface area contributed by atoms with Gasteiger partial charge in [0.1, 0.15) is 0 Å². The Morgan fingerprint density at radius 2 is 2.18 bits per heavy atom. The minimum absolute atomic E-state index is 0.00407. The van der Waals surface area contributed by atoms with Crippen molar-refractivity contribution in [2.24, 2.45) is 0 Å². The van der Waals surface area contributed by atoms with Crippen molar-refractivity contribution in [1.82, 2.24) is 0 Å². The molecule has 0 aromatic heterocycles.